The minimum Gasteiger partial charge on any atom is -0.488 e. The Morgan fingerprint density at radius 1 is 1.12 bits per heavy atom. The van der Waals surface area contributed by atoms with E-state index in [4.69, 9.17) is 4.74 Å². The lowest BCUT2D eigenvalue weighted by atomic mass is 10.1. The maximum atomic E-state index is 13.3. The van der Waals surface area contributed by atoms with Crippen molar-refractivity contribution in [3.05, 3.63) is 88.4 Å². The first kappa shape index (κ1) is 21.2. The Morgan fingerprint density at radius 3 is 2.61 bits per heavy atom. The fourth-order valence-electron chi connectivity index (χ4n) is 3.86. The van der Waals surface area contributed by atoms with Crippen molar-refractivity contribution in [2.75, 3.05) is 13.1 Å². The maximum absolute atomic E-state index is 13.3. The van der Waals surface area contributed by atoms with Crippen LogP contribution in [0.15, 0.2) is 65.7 Å². The summed E-state index contributed by atoms with van der Waals surface area (Å²) in [6.07, 6.45) is -1.44. The Kier molecular flexibility index (Phi) is 5.16. The number of likely N-dealkylation sites (tertiary alicyclic amines) is 1. The molecule has 4 aromatic rings. The molecule has 0 atom stereocenters. The average molecular weight is 458 g/mol. The van der Waals surface area contributed by atoms with Crippen LogP contribution in [0.25, 0.3) is 16.9 Å². The van der Waals surface area contributed by atoms with Crippen LogP contribution in [0, 0.1) is 5.82 Å². The summed E-state index contributed by atoms with van der Waals surface area (Å²) < 4.78 is 59.2. The second-order valence-corrected chi connectivity index (χ2v) is 7.91. The Morgan fingerprint density at radius 2 is 1.88 bits per heavy atom. The van der Waals surface area contributed by atoms with E-state index in [1.807, 2.05) is 4.90 Å². The van der Waals surface area contributed by atoms with E-state index in [0.29, 0.717) is 42.2 Å². The van der Waals surface area contributed by atoms with E-state index in [1.165, 1.54) is 30.5 Å². The summed E-state index contributed by atoms with van der Waals surface area (Å²) >= 11 is 0. The number of ether oxygens (including phenoxy) is 1. The average Bonchev–Trinajstić information content (AvgIpc) is 3.17. The van der Waals surface area contributed by atoms with Crippen LogP contribution in [0.2, 0.25) is 0 Å². The number of benzene rings is 2. The van der Waals surface area contributed by atoms with Crippen molar-refractivity contribution < 1.29 is 22.3 Å². The number of halogens is 4. The number of hydrogen-bond donors (Lipinski definition) is 1. The van der Waals surface area contributed by atoms with Gasteiger partial charge in [-0.25, -0.2) is 9.37 Å². The molecule has 0 amide bonds. The highest BCUT2D eigenvalue weighted by Gasteiger charge is 2.32. The quantitative estimate of drug-likeness (QED) is 0.458. The lowest BCUT2D eigenvalue weighted by Gasteiger charge is -2.38. The summed E-state index contributed by atoms with van der Waals surface area (Å²) in [4.78, 5) is 21.6. The van der Waals surface area contributed by atoms with E-state index in [1.54, 1.807) is 22.7 Å². The molecule has 2 aromatic heterocycles. The molecular weight excluding hydrogens is 440 g/mol. The van der Waals surface area contributed by atoms with Crippen molar-refractivity contribution in [1.29, 1.82) is 0 Å². The molecule has 33 heavy (non-hydrogen) atoms. The molecule has 1 N–H and O–H groups in total. The van der Waals surface area contributed by atoms with Crippen molar-refractivity contribution >= 4 is 5.52 Å². The minimum absolute atomic E-state index is 0.173. The van der Waals surface area contributed by atoms with E-state index in [0.717, 1.165) is 12.1 Å². The summed E-state index contributed by atoms with van der Waals surface area (Å²) in [5, 5.41) is 0. The molecule has 0 unspecified atom stereocenters. The fourth-order valence-corrected chi connectivity index (χ4v) is 3.86. The molecule has 0 spiro atoms. The van der Waals surface area contributed by atoms with Gasteiger partial charge in [-0.2, -0.15) is 13.2 Å². The van der Waals surface area contributed by atoms with Crippen molar-refractivity contribution in [3.63, 3.8) is 0 Å². The number of aromatic nitrogens is 3. The summed E-state index contributed by atoms with van der Waals surface area (Å²) in [5.41, 5.74) is 0.635. The highest BCUT2D eigenvalue weighted by atomic mass is 19.4. The number of H-pyrrole nitrogens is 1. The van der Waals surface area contributed by atoms with E-state index >= 15 is 0 Å². The normalized spacial score (nSPS) is 15.0. The third-order valence-corrected chi connectivity index (χ3v) is 5.47. The van der Waals surface area contributed by atoms with Crippen LogP contribution in [0.1, 0.15) is 11.3 Å². The van der Waals surface area contributed by atoms with E-state index in [2.05, 4.69) is 9.97 Å². The number of imidazole rings is 1. The SMILES string of the molecule is O=c1[nH]c(CN2CC(Oc3cccc(C(F)(F)F)c3)C2)cn2c(-c3ccc(F)cc3)ncc12. The number of rotatable bonds is 5. The summed E-state index contributed by atoms with van der Waals surface area (Å²) in [6.45, 7) is 1.44. The van der Waals surface area contributed by atoms with Crippen LogP contribution in [0.5, 0.6) is 5.75 Å². The molecule has 170 valence electrons. The van der Waals surface area contributed by atoms with Gasteiger partial charge < -0.3 is 9.72 Å². The van der Waals surface area contributed by atoms with Crippen molar-refractivity contribution in [3.8, 4) is 17.1 Å². The monoisotopic (exact) mass is 458 g/mol. The van der Waals surface area contributed by atoms with Crippen LogP contribution in [0.4, 0.5) is 17.6 Å². The number of nitrogens with one attached hydrogen (secondary N) is 1. The van der Waals surface area contributed by atoms with Crippen molar-refractivity contribution in [2.24, 2.45) is 0 Å². The molecule has 1 fully saturated rings. The third kappa shape index (κ3) is 4.34. The molecule has 3 heterocycles. The van der Waals surface area contributed by atoms with Gasteiger partial charge in [0.05, 0.1) is 11.8 Å². The Hall–Kier alpha value is -3.66. The number of alkyl halides is 3. The van der Waals surface area contributed by atoms with Gasteiger partial charge in [-0.3, -0.25) is 14.1 Å². The lowest BCUT2D eigenvalue weighted by Crippen LogP contribution is -2.53. The summed E-state index contributed by atoms with van der Waals surface area (Å²) in [7, 11) is 0. The van der Waals surface area contributed by atoms with E-state index in [-0.39, 0.29) is 23.2 Å². The molecular formula is C23H18F4N4O2. The van der Waals surface area contributed by atoms with Gasteiger partial charge in [0.25, 0.3) is 5.56 Å². The first-order valence-corrected chi connectivity index (χ1v) is 10.2. The van der Waals surface area contributed by atoms with Gasteiger partial charge in [0.1, 0.15) is 29.0 Å². The summed E-state index contributed by atoms with van der Waals surface area (Å²) in [6, 6.07) is 10.7. The zero-order valence-corrected chi connectivity index (χ0v) is 17.1. The number of aromatic amines is 1. The molecule has 1 aliphatic heterocycles. The first-order valence-electron chi connectivity index (χ1n) is 10.2. The summed E-state index contributed by atoms with van der Waals surface area (Å²) in [5.74, 6) is 0.330. The topological polar surface area (TPSA) is 62.6 Å². The molecule has 5 rings (SSSR count). The second kappa shape index (κ2) is 8.04. The Balaban J connectivity index is 1.28. The maximum Gasteiger partial charge on any atom is 0.416 e. The van der Waals surface area contributed by atoms with Crippen molar-refractivity contribution in [2.45, 2.75) is 18.8 Å². The van der Waals surface area contributed by atoms with Gasteiger partial charge in [-0.1, -0.05) is 6.07 Å². The Bertz CT molecular complexity index is 1360. The molecule has 1 saturated heterocycles. The van der Waals surface area contributed by atoms with Crippen molar-refractivity contribution in [1.82, 2.24) is 19.3 Å². The van der Waals surface area contributed by atoms with E-state index < -0.39 is 11.7 Å². The highest BCUT2D eigenvalue weighted by Crippen LogP contribution is 2.32. The second-order valence-electron chi connectivity index (χ2n) is 7.91. The van der Waals surface area contributed by atoms with Gasteiger partial charge in [-0.15, -0.1) is 0 Å². The molecule has 0 bridgehead atoms. The standard InChI is InChI=1S/C23H18F4N4O2/c24-16-6-4-14(5-7-16)21-28-9-20-22(32)29-17(11-31(20)21)10-30-12-19(13-30)33-18-3-1-2-15(8-18)23(25,26)27/h1-9,11,19H,10,12-13H2,(H,29,32). The van der Waals surface area contributed by atoms with Crippen LogP contribution < -0.4 is 10.3 Å². The first-order chi connectivity index (χ1) is 15.8. The van der Waals surface area contributed by atoms with Crippen LogP contribution >= 0.6 is 0 Å². The lowest BCUT2D eigenvalue weighted by molar-refractivity contribution is -0.137. The van der Waals surface area contributed by atoms with Crippen LogP contribution in [-0.2, 0) is 12.7 Å². The largest absolute Gasteiger partial charge is 0.488 e. The zero-order valence-electron chi connectivity index (χ0n) is 17.1. The van der Waals surface area contributed by atoms with Gasteiger partial charge in [0.2, 0.25) is 0 Å². The Labute approximate surface area is 185 Å². The minimum atomic E-state index is -4.42. The predicted molar refractivity (Wildman–Crippen MR) is 112 cm³/mol. The molecule has 1 aliphatic rings. The zero-order chi connectivity index (χ0) is 23.2. The number of nitrogens with zero attached hydrogens (tertiary/aromatic N) is 3. The van der Waals surface area contributed by atoms with Gasteiger partial charge in [0, 0.05) is 37.1 Å². The smallest absolute Gasteiger partial charge is 0.416 e. The van der Waals surface area contributed by atoms with Gasteiger partial charge in [-0.05, 0) is 42.5 Å². The fraction of sp³-hybridized carbons (Fsp3) is 0.217. The van der Waals surface area contributed by atoms with Crippen LogP contribution in [0.3, 0.4) is 0 Å². The number of hydrogen-bond acceptors (Lipinski definition) is 4. The van der Waals surface area contributed by atoms with Crippen LogP contribution in [-0.4, -0.2) is 38.5 Å². The molecule has 0 aliphatic carbocycles. The molecule has 10 heteroatoms. The molecule has 0 radical (unpaired) electrons. The van der Waals surface area contributed by atoms with Gasteiger partial charge >= 0.3 is 6.18 Å². The molecule has 2 aromatic carbocycles. The highest BCUT2D eigenvalue weighted by molar-refractivity contribution is 5.61. The third-order valence-electron chi connectivity index (χ3n) is 5.47. The molecule has 0 saturated carbocycles. The molecule has 6 nitrogen and oxygen atoms in total. The van der Waals surface area contributed by atoms with Gasteiger partial charge in [0.15, 0.2) is 0 Å². The van der Waals surface area contributed by atoms with E-state index in [9.17, 15) is 22.4 Å². The predicted octanol–water partition coefficient (Wildman–Crippen LogP) is 4.11. The number of fused-ring (bicyclic) bond motifs is 1.